The Balaban J connectivity index is 1.12. The van der Waals surface area contributed by atoms with Gasteiger partial charge in [-0.05, 0) is 98.8 Å². The third kappa shape index (κ3) is 4.40. The molecule has 1 aromatic heterocycles. The fourth-order valence-electron chi connectivity index (χ4n) is 9.58. The zero-order valence-electron chi connectivity index (χ0n) is 30.3. The van der Waals surface area contributed by atoms with E-state index in [9.17, 15) is 0 Å². The normalized spacial score (nSPS) is 13.4. The second-order valence-electron chi connectivity index (χ2n) is 14.8. The highest BCUT2D eigenvalue weighted by Gasteiger charge is 2.52. The van der Waals surface area contributed by atoms with Crippen molar-refractivity contribution in [2.75, 3.05) is 4.90 Å². The second-order valence-corrected chi connectivity index (χ2v) is 15.9. The van der Waals surface area contributed by atoms with E-state index in [-0.39, 0.29) is 0 Å². The molecule has 2 heterocycles. The fraction of sp³-hybridized carbons (Fsp3) is 0.0189. The highest BCUT2D eigenvalue weighted by atomic mass is 32.2. The van der Waals surface area contributed by atoms with E-state index in [0.717, 1.165) is 44.4 Å². The fourth-order valence-corrected chi connectivity index (χ4v) is 10.8. The molecule has 0 radical (unpaired) electrons. The van der Waals surface area contributed by atoms with Gasteiger partial charge in [-0.15, -0.1) is 0 Å². The average Bonchev–Trinajstić information content (AvgIpc) is 3.78. The molecule has 0 unspecified atom stereocenters. The van der Waals surface area contributed by atoms with Crippen molar-refractivity contribution in [1.29, 1.82) is 0 Å². The van der Waals surface area contributed by atoms with E-state index < -0.39 is 5.41 Å². The van der Waals surface area contributed by atoms with Crippen molar-refractivity contribution in [2.45, 2.75) is 15.2 Å². The van der Waals surface area contributed by atoms with Gasteiger partial charge in [0.15, 0.2) is 0 Å². The highest BCUT2D eigenvalue weighted by molar-refractivity contribution is 7.99. The third-order valence-corrected chi connectivity index (χ3v) is 13.0. The van der Waals surface area contributed by atoms with E-state index >= 15 is 0 Å². The molecular formula is C53H33NOS. The molecule has 1 aliphatic heterocycles. The molecule has 2 nitrogen and oxygen atoms in total. The molecule has 12 rings (SSSR count). The number of furan rings is 1. The Bertz CT molecular complexity index is 3130. The van der Waals surface area contributed by atoms with Gasteiger partial charge in [0.1, 0.15) is 11.2 Å². The van der Waals surface area contributed by atoms with E-state index in [1.165, 1.54) is 59.6 Å². The Labute approximate surface area is 329 Å². The van der Waals surface area contributed by atoms with Crippen LogP contribution in [0, 0.1) is 0 Å². The summed E-state index contributed by atoms with van der Waals surface area (Å²) >= 11 is 1.89. The maximum atomic E-state index is 6.47. The summed E-state index contributed by atoms with van der Waals surface area (Å²) in [5, 5.41) is 4.79. The molecular weight excluding hydrogens is 699 g/mol. The highest BCUT2D eigenvalue weighted by Crippen LogP contribution is 2.65. The van der Waals surface area contributed by atoms with Gasteiger partial charge in [-0.25, -0.2) is 0 Å². The van der Waals surface area contributed by atoms with E-state index in [2.05, 4.69) is 193 Å². The predicted molar refractivity (Wildman–Crippen MR) is 233 cm³/mol. The zero-order valence-corrected chi connectivity index (χ0v) is 31.1. The SMILES string of the molecule is c1ccc(N(c2ccc(-c3cccc4c3oc3ccccc34)cc2)c2cccc3c2C2(c4cc5ccccc5cc4S3)c3ccccc3-c3ccccc32)cc1. The summed E-state index contributed by atoms with van der Waals surface area (Å²) in [6, 6.07) is 73.3. The molecule has 1 spiro atoms. The first-order chi connectivity index (χ1) is 27.8. The number of anilines is 3. The van der Waals surface area contributed by atoms with Crippen molar-refractivity contribution in [1.82, 2.24) is 0 Å². The molecule has 3 heteroatoms. The lowest BCUT2D eigenvalue weighted by Gasteiger charge is -2.43. The van der Waals surface area contributed by atoms with Crippen molar-refractivity contribution in [2.24, 2.45) is 0 Å². The van der Waals surface area contributed by atoms with Gasteiger partial charge in [-0.3, -0.25) is 0 Å². The van der Waals surface area contributed by atoms with Crippen LogP contribution in [0.5, 0.6) is 0 Å². The Morgan fingerprint density at radius 1 is 0.429 bits per heavy atom. The van der Waals surface area contributed by atoms with Crippen LogP contribution in [0.2, 0.25) is 0 Å². The standard InChI is InChI=1S/C53H33NOS/c1-2-16-37(17-3-1)54(38-30-28-34(29-31-38)39-21-12-22-43-42-20-8-11-26-48(42)55-52(39)43)47-25-13-27-49-51(47)53(46-32-35-14-4-5-15-36(35)33-50(46)56-49)44-23-9-6-18-40(44)41-19-7-10-24-45(41)53/h1-33H. The Hall–Kier alpha value is -6.81. The van der Waals surface area contributed by atoms with Crippen LogP contribution in [-0.4, -0.2) is 0 Å². The van der Waals surface area contributed by atoms with Crippen LogP contribution < -0.4 is 4.90 Å². The van der Waals surface area contributed by atoms with E-state index in [4.69, 9.17) is 4.42 Å². The Kier molecular flexibility index (Phi) is 6.81. The summed E-state index contributed by atoms with van der Waals surface area (Å²) in [7, 11) is 0. The first-order valence-corrected chi connectivity index (χ1v) is 20.0. The third-order valence-electron chi connectivity index (χ3n) is 11.9. The number of para-hydroxylation sites is 3. The quantitative estimate of drug-likeness (QED) is 0.179. The van der Waals surface area contributed by atoms with E-state index in [1.807, 2.05) is 23.9 Å². The average molecular weight is 732 g/mol. The van der Waals surface area contributed by atoms with Gasteiger partial charge in [0.05, 0.1) is 11.1 Å². The summed E-state index contributed by atoms with van der Waals surface area (Å²) < 4.78 is 6.47. The molecule has 0 saturated carbocycles. The van der Waals surface area contributed by atoms with Crippen LogP contribution in [0.3, 0.4) is 0 Å². The molecule has 2 aliphatic rings. The number of hydrogen-bond donors (Lipinski definition) is 0. The van der Waals surface area contributed by atoms with Crippen LogP contribution in [0.1, 0.15) is 22.3 Å². The summed E-state index contributed by atoms with van der Waals surface area (Å²) in [4.78, 5) is 5.03. The largest absolute Gasteiger partial charge is 0.455 e. The van der Waals surface area contributed by atoms with Gasteiger partial charge >= 0.3 is 0 Å². The first-order valence-electron chi connectivity index (χ1n) is 19.2. The monoisotopic (exact) mass is 731 g/mol. The van der Waals surface area contributed by atoms with Crippen molar-refractivity contribution in [3.8, 4) is 22.3 Å². The van der Waals surface area contributed by atoms with Crippen LogP contribution in [0.4, 0.5) is 17.1 Å². The molecule has 0 atom stereocenters. The Morgan fingerprint density at radius 3 is 1.82 bits per heavy atom. The first kappa shape index (κ1) is 31.5. The van der Waals surface area contributed by atoms with Gasteiger partial charge in [-0.1, -0.05) is 157 Å². The van der Waals surface area contributed by atoms with Gasteiger partial charge in [0.25, 0.3) is 0 Å². The van der Waals surface area contributed by atoms with Gasteiger partial charge < -0.3 is 9.32 Å². The number of nitrogens with zero attached hydrogens (tertiary/aromatic N) is 1. The number of hydrogen-bond acceptors (Lipinski definition) is 3. The van der Waals surface area contributed by atoms with Crippen LogP contribution in [0.25, 0.3) is 55.0 Å². The summed E-state index contributed by atoms with van der Waals surface area (Å²) in [6.45, 7) is 0. The Morgan fingerprint density at radius 2 is 1.04 bits per heavy atom. The second kappa shape index (κ2) is 12.1. The lowest BCUT2D eigenvalue weighted by atomic mass is 9.66. The minimum atomic E-state index is -0.548. The topological polar surface area (TPSA) is 16.4 Å². The van der Waals surface area contributed by atoms with E-state index in [0.29, 0.717) is 0 Å². The molecule has 0 bridgehead atoms. The minimum absolute atomic E-state index is 0.548. The van der Waals surface area contributed by atoms with Gasteiger partial charge in [-0.2, -0.15) is 0 Å². The lowest BCUT2D eigenvalue weighted by Crippen LogP contribution is -2.34. The molecule has 9 aromatic carbocycles. The molecule has 56 heavy (non-hydrogen) atoms. The molecule has 0 saturated heterocycles. The summed E-state index contributed by atoms with van der Waals surface area (Å²) in [6.07, 6.45) is 0. The van der Waals surface area contributed by atoms with Crippen molar-refractivity contribution >= 4 is 61.5 Å². The van der Waals surface area contributed by atoms with Gasteiger partial charge in [0, 0.05) is 43.1 Å². The van der Waals surface area contributed by atoms with Crippen molar-refractivity contribution < 1.29 is 4.42 Å². The maximum Gasteiger partial charge on any atom is 0.143 e. The van der Waals surface area contributed by atoms with Crippen molar-refractivity contribution in [3.63, 3.8) is 0 Å². The summed E-state index contributed by atoms with van der Waals surface area (Å²) in [5.41, 5.74) is 14.7. The summed E-state index contributed by atoms with van der Waals surface area (Å²) in [5.74, 6) is 0. The number of fused-ring (bicyclic) bond motifs is 13. The van der Waals surface area contributed by atoms with E-state index in [1.54, 1.807) is 0 Å². The van der Waals surface area contributed by atoms with Gasteiger partial charge in [0.2, 0.25) is 0 Å². The van der Waals surface area contributed by atoms with Crippen LogP contribution in [0.15, 0.2) is 214 Å². The molecule has 0 amide bonds. The molecule has 1 aliphatic carbocycles. The lowest BCUT2D eigenvalue weighted by molar-refractivity contribution is 0.670. The smallest absolute Gasteiger partial charge is 0.143 e. The molecule has 0 N–H and O–H groups in total. The van der Waals surface area contributed by atoms with Crippen LogP contribution in [-0.2, 0) is 5.41 Å². The minimum Gasteiger partial charge on any atom is -0.455 e. The number of benzene rings is 9. The molecule has 262 valence electrons. The number of rotatable bonds is 4. The van der Waals surface area contributed by atoms with Crippen LogP contribution >= 0.6 is 11.8 Å². The van der Waals surface area contributed by atoms with Crippen molar-refractivity contribution in [3.05, 3.63) is 222 Å². The molecule has 0 fully saturated rings. The predicted octanol–water partition coefficient (Wildman–Crippen LogP) is 14.7. The maximum absolute atomic E-state index is 6.47. The zero-order chi connectivity index (χ0) is 36.8. The molecule has 10 aromatic rings.